The molecule has 0 atom stereocenters. The molecule has 0 radical (unpaired) electrons. The topological polar surface area (TPSA) is 50.3 Å². The number of nitrogens with one attached hydrogen (secondary N) is 1. The quantitative estimate of drug-likeness (QED) is 0.849. The van der Waals surface area contributed by atoms with Crippen LogP contribution in [0.2, 0.25) is 0 Å². The first-order chi connectivity index (χ1) is 9.20. The van der Waals surface area contributed by atoms with Crippen LogP contribution < -0.4 is 10.2 Å². The van der Waals surface area contributed by atoms with E-state index in [0.29, 0.717) is 0 Å². The summed E-state index contributed by atoms with van der Waals surface area (Å²) >= 11 is 0. The number of hydrogen-bond donors (Lipinski definition) is 1. The molecule has 5 nitrogen and oxygen atoms in total. The lowest BCUT2D eigenvalue weighted by Gasteiger charge is -2.44. The fourth-order valence-electron chi connectivity index (χ4n) is 2.97. The number of anilines is 1. The Morgan fingerprint density at radius 2 is 1.95 bits per heavy atom. The highest BCUT2D eigenvalue weighted by molar-refractivity contribution is 5.85. The smallest absolute Gasteiger partial charge is 0.154 e. The van der Waals surface area contributed by atoms with E-state index in [2.05, 4.69) is 34.3 Å². The third kappa shape index (κ3) is 3.77. The summed E-state index contributed by atoms with van der Waals surface area (Å²) in [5, 5.41) is 11.9. The number of ether oxygens (including phenoxy) is 1. The Balaban J connectivity index is 0.00000110. The number of hydrogen-bond acceptors (Lipinski definition) is 5. The van der Waals surface area contributed by atoms with Crippen molar-refractivity contribution in [3.05, 3.63) is 17.3 Å². The molecule has 0 amide bonds. The van der Waals surface area contributed by atoms with Crippen LogP contribution in [-0.4, -0.2) is 48.6 Å². The van der Waals surface area contributed by atoms with Gasteiger partial charge in [-0.15, -0.1) is 29.9 Å². The number of rotatable bonds is 1. The second-order valence-corrected chi connectivity index (χ2v) is 5.67. The van der Waals surface area contributed by atoms with E-state index in [1.165, 1.54) is 11.1 Å². The highest BCUT2D eigenvalue weighted by atomic mass is 35.5. The molecule has 3 heterocycles. The molecule has 120 valence electrons. The van der Waals surface area contributed by atoms with Gasteiger partial charge in [-0.3, -0.25) is 0 Å². The number of piperidine rings is 1. The van der Waals surface area contributed by atoms with Gasteiger partial charge < -0.3 is 15.0 Å². The van der Waals surface area contributed by atoms with Crippen molar-refractivity contribution in [2.24, 2.45) is 0 Å². The van der Waals surface area contributed by atoms with E-state index in [0.717, 1.165) is 51.4 Å². The van der Waals surface area contributed by atoms with Gasteiger partial charge in [-0.25, -0.2) is 0 Å². The van der Waals surface area contributed by atoms with Crippen LogP contribution >= 0.6 is 24.8 Å². The predicted octanol–water partition coefficient (Wildman–Crippen LogP) is 1.90. The van der Waals surface area contributed by atoms with Gasteiger partial charge in [0.05, 0.1) is 18.4 Å². The van der Waals surface area contributed by atoms with Crippen molar-refractivity contribution in [2.45, 2.75) is 32.3 Å². The molecule has 2 aliphatic rings. The first-order valence-corrected chi connectivity index (χ1v) is 7.09. The maximum absolute atomic E-state index is 6.02. The SMILES string of the molecule is Cc1cnnc(N2CCC3(CC2)CNCCO3)c1C.Cl.Cl. The normalized spacial score (nSPS) is 20.6. The fourth-order valence-corrected chi connectivity index (χ4v) is 2.97. The summed E-state index contributed by atoms with van der Waals surface area (Å²) in [7, 11) is 0. The van der Waals surface area contributed by atoms with Crippen LogP contribution in [0.3, 0.4) is 0 Å². The minimum Gasteiger partial charge on any atom is -0.372 e. The van der Waals surface area contributed by atoms with Gasteiger partial charge in [0.15, 0.2) is 5.82 Å². The Morgan fingerprint density at radius 1 is 1.24 bits per heavy atom. The molecule has 0 aromatic carbocycles. The van der Waals surface area contributed by atoms with Crippen LogP contribution in [-0.2, 0) is 4.74 Å². The van der Waals surface area contributed by atoms with E-state index in [9.17, 15) is 0 Å². The van der Waals surface area contributed by atoms with Gasteiger partial charge in [0.2, 0.25) is 0 Å². The molecular weight excluding hydrogens is 311 g/mol. The molecule has 0 aliphatic carbocycles. The lowest BCUT2D eigenvalue weighted by Crippen LogP contribution is -2.55. The standard InChI is InChI=1S/C14H22N4O.2ClH/c1-11-9-16-17-13(12(11)2)18-6-3-14(4-7-18)10-15-5-8-19-14;;/h9,15H,3-8,10H2,1-2H3;2*1H. The number of aryl methyl sites for hydroxylation is 1. The summed E-state index contributed by atoms with van der Waals surface area (Å²) in [4.78, 5) is 2.35. The number of nitrogens with zero attached hydrogens (tertiary/aromatic N) is 3. The van der Waals surface area contributed by atoms with E-state index in [1.54, 1.807) is 0 Å². The molecule has 0 unspecified atom stereocenters. The minimum atomic E-state index is 0. The zero-order valence-corrected chi connectivity index (χ0v) is 14.2. The third-order valence-electron chi connectivity index (χ3n) is 4.44. The van der Waals surface area contributed by atoms with Crippen molar-refractivity contribution in [1.29, 1.82) is 0 Å². The van der Waals surface area contributed by atoms with Crippen molar-refractivity contribution in [1.82, 2.24) is 15.5 Å². The van der Waals surface area contributed by atoms with Crippen LogP contribution in [0, 0.1) is 13.8 Å². The zero-order chi connectivity index (χ0) is 13.3. The molecule has 1 N–H and O–H groups in total. The monoisotopic (exact) mass is 334 g/mol. The molecule has 2 saturated heterocycles. The summed E-state index contributed by atoms with van der Waals surface area (Å²) < 4.78 is 6.02. The predicted molar refractivity (Wildman–Crippen MR) is 89.0 cm³/mol. The van der Waals surface area contributed by atoms with Gasteiger partial charge in [0.25, 0.3) is 0 Å². The number of morpholine rings is 1. The first kappa shape index (κ1) is 18.4. The molecule has 1 aromatic heterocycles. The first-order valence-electron chi connectivity index (χ1n) is 7.09. The highest BCUT2D eigenvalue weighted by Gasteiger charge is 2.37. The lowest BCUT2D eigenvalue weighted by atomic mass is 9.90. The van der Waals surface area contributed by atoms with Gasteiger partial charge in [0.1, 0.15) is 0 Å². The fraction of sp³-hybridized carbons (Fsp3) is 0.714. The van der Waals surface area contributed by atoms with E-state index in [4.69, 9.17) is 4.74 Å². The molecule has 3 rings (SSSR count). The third-order valence-corrected chi connectivity index (χ3v) is 4.44. The molecule has 1 spiro atoms. The maximum Gasteiger partial charge on any atom is 0.154 e. The van der Waals surface area contributed by atoms with Crippen LogP contribution in [0.5, 0.6) is 0 Å². The summed E-state index contributed by atoms with van der Waals surface area (Å²) in [5.74, 6) is 1.04. The average Bonchev–Trinajstić information content (AvgIpc) is 2.44. The molecule has 7 heteroatoms. The molecule has 2 fully saturated rings. The van der Waals surface area contributed by atoms with Crippen LogP contribution in [0.4, 0.5) is 5.82 Å². The van der Waals surface area contributed by atoms with Crippen molar-refractivity contribution < 1.29 is 4.74 Å². The molecule has 0 saturated carbocycles. The van der Waals surface area contributed by atoms with Gasteiger partial charge in [-0.05, 0) is 37.8 Å². The van der Waals surface area contributed by atoms with Crippen LogP contribution in [0.15, 0.2) is 6.20 Å². The van der Waals surface area contributed by atoms with Crippen molar-refractivity contribution in [2.75, 3.05) is 37.7 Å². The second-order valence-electron chi connectivity index (χ2n) is 5.67. The zero-order valence-electron chi connectivity index (χ0n) is 12.6. The Kier molecular flexibility index (Phi) is 6.66. The van der Waals surface area contributed by atoms with Crippen molar-refractivity contribution in [3.63, 3.8) is 0 Å². The summed E-state index contributed by atoms with van der Waals surface area (Å²) in [5.41, 5.74) is 2.51. The van der Waals surface area contributed by atoms with E-state index < -0.39 is 0 Å². The molecule has 2 aliphatic heterocycles. The minimum absolute atomic E-state index is 0. The Bertz CT molecular complexity index is 456. The summed E-state index contributed by atoms with van der Waals surface area (Å²) in [6, 6.07) is 0. The Morgan fingerprint density at radius 3 is 2.57 bits per heavy atom. The van der Waals surface area contributed by atoms with Gasteiger partial charge in [-0.1, -0.05) is 0 Å². The summed E-state index contributed by atoms with van der Waals surface area (Å²) in [6.07, 6.45) is 3.96. The Hall–Kier alpha value is -0.620. The molecule has 21 heavy (non-hydrogen) atoms. The van der Waals surface area contributed by atoms with E-state index in [-0.39, 0.29) is 30.4 Å². The van der Waals surface area contributed by atoms with Crippen LogP contribution in [0.1, 0.15) is 24.0 Å². The number of halogens is 2. The van der Waals surface area contributed by atoms with E-state index in [1.807, 2.05) is 6.20 Å². The van der Waals surface area contributed by atoms with Crippen LogP contribution in [0.25, 0.3) is 0 Å². The van der Waals surface area contributed by atoms with Gasteiger partial charge in [-0.2, -0.15) is 5.10 Å². The van der Waals surface area contributed by atoms with Gasteiger partial charge in [0, 0.05) is 26.2 Å². The molecule has 0 bridgehead atoms. The number of aromatic nitrogens is 2. The van der Waals surface area contributed by atoms with E-state index >= 15 is 0 Å². The van der Waals surface area contributed by atoms with Crippen molar-refractivity contribution >= 4 is 30.6 Å². The molecular formula is C14H24Cl2N4O. The largest absolute Gasteiger partial charge is 0.372 e. The maximum atomic E-state index is 6.02. The average molecular weight is 335 g/mol. The molecule has 1 aromatic rings. The lowest BCUT2D eigenvalue weighted by molar-refractivity contribution is -0.0800. The highest BCUT2D eigenvalue weighted by Crippen LogP contribution is 2.30. The second kappa shape index (κ2) is 7.58. The Labute approximate surface area is 138 Å². The van der Waals surface area contributed by atoms with Gasteiger partial charge >= 0.3 is 0 Å². The summed E-state index contributed by atoms with van der Waals surface area (Å²) in [6.45, 7) is 9.02. The van der Waals surface area contributed by atoms with Crippen molar-refractivity contribution in [3.8, 4) is 0 Å².